The van der Waals surface area contributed by atoms with Gasteiger partial charge in [-0.15, -0.1) is 5.10 Å². The Hall–Kier alpha value is -0.990. The summed E-state index contributed by atoms with van der Waals surface area (Å²) in [5.41, 5.74) is 0.904. The summed E-state index contributed by atoms with van der Waals surface area (Å²) in [7, 11) is -3.15. The van der Waals surface area contributed by atoms with Gasteiger partial charge >= 0.3 is 0 Å². The van der Waals surface area contributed by atoms with E-state index in [1.165, 1.54) is 0 Å². The molecule has 0 radical (unpaired) electrons. The number of hydrogen-bond acceptors (Lipinski definition) is 5. The van der Waals surface area contributed by atoms with Crippen LogP contribution in [0.4, 0.5) is 0 Å². The van der Waals surface area contributed by atoms with Gasteiger partial charge < -0.3 is 4.74 Å². The molecule has 0 aliphatic carbocycles. The van der Waals surface area contributed by atoms with Crippen molar-refractivity contribution in [2.45, 2.75) is 31.7 Å². The average molecular weight is 300 g/mol. The molecule has 2 aliphatic rings. The topological polar surface area (TPSA) is 77.3 Å². The van der Waals surface area contributed by atoms with Crippen molar-refractivity contribution in [3.05, 3.63) is 11.9 Å². The maximum Gasteiger partial charge on any atom is 0.215 e. The van der Waals surface area contributed by atoms with E-state index in [2.05, 4.69) is 10.3 Å². The van der Waals surface area contributed by atoms with Gasteiger partial charge in [-0.3, -0.25) is 4.68 Å². The van der Waals surface area contributed by atoms with Crippen LogP contribution in [0.5, 0.6) is 0 Å². The van der Waals surface area contributed by atoms with Crippen LogP contribution in [0.1, 0.15) is 30.9 Å². The Morgan fingerprint density at radius 3 is 2.85 bits per heavy atom. The molecule has 0 bridgehead atoms. The van der Waals surface area contributed by atoms with Crippen molar-refractivity contribution in [3.63, 3.8) is 0 Å². The van der Waals surface area contributed by atoms with Crippen molar-refractivity contribution < 1.29 is 13.2 Å². The lowest BCUT2D eigenvalue weighted by molar-refractivity contribution is 0.193. The predicted octanol–water partition coefficient (Wildman–Crippen LogP) is 0.208. The predicted molar refractivity (Wildman–Crippen MR) is 72.8 cm³/mol. The lowest BCUT2D eigenvalue weighted by Crippen LogP contribution is -2.31. The minimum atomic E-state index is -3.15. The number of ether oxygens (including phenoxy) is 1. The lowest BCUT2D eigenvalue weighted by atomic mass is 10.1. The molecule has 1 unspecified atom stereocenters. The zero-order valence-electron chi connectivity index (χ0n) is 11.4. The minimum Gasteiger partial charge on any atom is -0.381 e. The fourth-order valence-electron chi connectivity index (χ4n) is 2.68. The number of hydrogen-bond donors (Lipinski definition) is 0. The second-order valence-corrected chi connectivity index (χ2v) is 7.48. The smallest absolute Gasteiger partial charge is 0.215 e. The number of sulfonamides is 1. The normalized spacial score (nSPS) is 24.5. The van der Waals surface area contributed by atoms with Crippen LogP contribution in [0.3, 0.4) is 0 Å². The van der Waals surface area contributed by atoms with Gasteiger partial charge in [0.15, 0.2) is 0 Å². The molecule has 1 atom stereocenters. The fourth-order valence-corrected chi connectivity index (χ4v) is 4.17. The van der Waals surface area contributed by atoms with Crippen molar-refractivity contribution in [2.75, 3.05) is 32.1 Å². The van der Waals surface area contributed by atoms with E-state index in [9.17, 15) is 8.42 Å². The number of rotatable bonds is 5. The van der Waals surface area contributed by atoms with Crippen LogP contribution in [0.15, 0.2) is 6.20 Å². The maximum atomic E-state index is 12.1. The molecule has 0 aromatic carbocycles. The third-order valence-electron chi connectivity index (χ3n) is 3.94. The fraction of sp³-hybridized carbons (Fsp3) is 0.833. The molecule has 0 saturated carbocycles. The third kappa shape index (κ3) is 3.02. The van der Waals surface area contributed by atoms with Crippen LogP contribution in [-0.4, -0.2) is 59.8 Å². The molecule has 3 rings (SSSR count). The Kier molecular flexibility index (Phi) is 4.04. The van der Waals surface area contributed by atoms with Crippen LogP contribution in [0.2, 0.25) is 0 Å². The molecule has 2 aliphatic heterocycles. The van der Waals surface area contributed by atoms with Gasteiger partial charge in [0.05, 0.1) is 24.6 Å². The van der Waals surface area contributed by atoms with E-state index in [1.807, 2.05) is 6.20 Å². The summed E-state index contributed by atoms with van der Waals surface area (Å²) in [5, 5.41) is 8.14. The van der Waals surface area contributed by atoms with E-state index in [-0.39, 0.29) is 5.75 Å². The van der Waals surface area contributed by atoms with Gasteiger partial charge in [0.1, 0.15) is 0 Å². The highest BCUT2D eigenvalue weighted by molar-refractivity contribution is 7.89. The standard InChI is InChI=1S/C12H20N4O3S/c17-20(18,16-4-1-2-5-16)8-6-15-9-12(13-14-15)11-3-7-19-10-11/h9,11H,1-8,10H2. The maximum absolute atomic E-state index is 12.1. The highest BCUT2D eigenvalue weighted by Gasteiger charge is 2.25. The van der Waals surface area contributed by atoms with Gasteiger partial charge in [-0.05, 0) is 19.3 Å². The van der Waals surface area contributed by atoms with E-state index < -0.39 is 10.0 Å². The Bertz CT molecular complexity index is 545. The summed E-state index contributed by atoms with van der Waals surface area (Å²) in [6.07, 6.45) is 4.74. The Morgan fingerprint density at radius 2 is 2.15 bits per heavy atom. The molecule has 2 fully saturated rings. The quantitative estimate of drug-likeness (QED) is 0.777. The lowest BCUT2D eigenvalue weighted by Gasteiger charge is -2.14. The van der Waals surface area contributed by atoms with Crippen LogP contribution in [0.25, 0.3) is 0 Å². The van der Waals surface area contributed by atoms with Crippen molar-refractivity contribution in [1.82, 2.24) is 19.3 Å². The van der Waals surface area contributed by atoms with Gasteiger partial charge in [0.2, 0.25) is 10.0 Å². The minimum absolute atomic E-state index is 0.0942. The van der Waals surface area contributed by atoms with Crippen molar-refractivity contribution in [2.24, 2.45) is 0 Å². The summed E-state index contributed by atoms with van der Waals surface area (Å²) < 4.78 is 32.8. The Morgan fingerprint density at radius 1 is 1.35 bits per heavy atom. The number of nitrogens with zero attached hydrogens (tertiary/aromatic N) is 4. The summed E-state index contributed by atoms with van der Waals surface area (Å²) in [6.45, 7) is 3.12. The van der Waals surface area contributed by atoms with E-state index in [0.29, 0.717) is 32.2 Å². The summed E-state index contributed by atoms with van der Waals surface area (Å²) in [5.74, 6) is 0.399. The van der Waals surface area contributed by atoms with Crippen LogP contribution < -0.4 is 0 Å². The summed E-state index contributed by atoms with van der Waals surface area (Å²) in [6, 6.07) is 0. The van der Waals surface area contributed by atoms with Gasteiger partial charge in [-0.2, -0.15) is 0 Å². The van der Waals surface area contributed by atoms with Crippen molar-refractivity contribution in [1.29, 1.82) is 0 Å². The molecule has 2 saturated heterocycles. The van der Waals surface area contributed by atoms with Gasteiger partial charge in [-0.25, -0.2) is 12.7 Å². The zero-order chi connectivity index (χ0) is 14.0. The zero-order valence-corrected chi connectivity index (χ0v) is 12.3. The average Bonchev–Trinajstić information content (AvgIpc) is 3.16. The first-order chi connectivity index (χ1) is 9.65. The molecule has 20 heavy (non-hydrogen) atoms. The second kappa shape index (κ2) is 5.79. The van der Waals surface area contributed by atoms with Gasteiger partial charge in [-0.1, -0.05) is 5.21 Å². The molecule has 0 N–H and O–H groups in total. The Labute approximate surface area is 118 Å². The van der Waals surface area contributed by atoms with Crippen molar-refractivity contribution in [3.8, 4) is 0 Å². The van der Waals surface area contributed by atoms with E-state index in [0.717, 1.165) is 31.6 Å². The van der Waals surface area contributed by atoms with Crippen LogP contribution in [0, 0.1) is 0 Å². The molecule has 3 heterocycles. The first-order valence-electron chi connectivity index (χ1n) is 7.11. The van der Waals surface area contributed by atoms with Crippen molar-refractivity contribution >= 4 is 10.0 Å². The number of aromatic nitrogens is 3. The molecule has 0 spiro atoms. The SMILES string of the molecule is O=S(=O)(CCn1cc(C2CCOC2)nn1)N1CCCC1. The third-order valence-corrected chi connectivity index (χ3v) is 5.79. The second-order valence-electron chi connectivity index (χ2n) is 5.39. The summed E-state index contributed by atoms with van der Waals surface area (Å²) >= 11 is 0. The first-order valence-corrected chi connectivity index (χ1v) is 8.72. The molecule has 1 aromatic heterocycles. The number of aryl methyl sites for hydroxylation is 1. The molecular weight excluding hydrogens is 280 g/mol. The van der Waals surface area contributed by atoms with Gasteiger partial charge in [0.25, 0.3) is 0 Å². The van der Waals surface area contributed by atoms with Crippen LogP contribution in [-0.2, 0) is 21.3 Å². The Balaban J connectivity index is 1.58. The molecule has 0 amide bonds. The largest absolute Gasteiger partial charge is 0.381 e. The summed E-state index contributed by atoms with van der Waals surface area (Å²) in [4.78, 5) is 0. The van der Waals surface area contributed by atoms with Crippen LogP contribution >= 0.6 is 0 Å². The molecule has 1 aromatic rings. The highest BCUT2D eigenvalue weighted by atomic mass is 32.2. The first kappa shape index (κ1) is 14.0. The van der Waals surface area contributed by atoms with E-state index in [4.69, 9.17) is 4.74 Å². The highest BCUT2D eigenvalue weighted by Crippen LogP contribution is 2.22. The van der Waals surface area contributed by atoms with E-state index in [1.54, 1.807) is 8.99 Å². The molecule has 112 valence electrons. The molecule has 8 heteroatoms. The van der Waals surface area contributed by atoms with Gasteiger partial charge in [0, 0.05) is 31.8 Å². The molecular formula is C12H20N4O3S. The monoisotopic (exact) mass is 300 g/mol. The molecule has 7 nitrogen and oxygen atoms in total. The van der Waals surface area contributed by atoms with E-state index >= 15 is 0 Å².